The van der Waals surface area contributed by atoms with Crippen molar-refractivity contribution in [3.8, 4) is 5.75 Å². The third-order valence-corrected chi connectivity index (χ3v) is 4.28. The van der Waals surface area contributed by atoms with Gasteiger partial charge in [-0.25, -0.2) is 0 Å². The molecule has 3 rings (SSSR count). The first-order valence-electron chi connectivity index (χ1n) is 6.46. The van der Waals surface area contributed by atoms with Crippen LogP contribution in [0.5, 0.6) is 5.75 Å². The van der Waals surface area contributed by atoms with E-state index < -0.39 is 0 Å². The highest BCUT2D eigenvalue weighted by Gasteiger charge is 2.22. The lowest BCUT2D eigenvalue weighted by Gasteiger charge is -2.12. The van der Waals surface area contributed by atoms with Crippen molar-refractivity contribution in [3.63, 3.8) is 0 Å². The second-order valence-electron chi connectivity index (χ2n) is 5.13. The van der Waals surface area contributed by atoms with E-state index in [1.165, 1.54) is 24.8 Å². The molecule has 0 amide bonds. The number of hydrogen-bond acceptors (Lipinski definition) is 2. The van der Waals surface area contributed by atoms with Gasteiger partial charge in [-0.15, -0.1) is 0 Å². The quantitative estimate of drug-likeness (QED) is 0.920. The van der Waals surface area contributed by atoms with Gasteiger partial charge < -0.3 is 10.1 Å². The van der Waals surface area contributed by atoms with Crippen LogP contribution in [0, 0.1) is 5.92 Å². The fraction of sp³-hybridized carbons (Fsp3) is 0.571. The monoisotopic (exact) mass is 295 g/mol. The molecule has 92 valence electrons. The van der Waals surface area contributed by atoms with Crippen molar-refractivity contribution in [2.45, 2.75) is 25.2 Å². The number of hydrogen-bond donors (Lipinski definition) is 1. The maximum Gasteiger partial charge on any atom is 0.133 e. The summed E-state index contributed by atoms with van der Waals surface area (Å²) in [5.41, 5.74) is 1.42. The van der Waals surface area contributed by atoms with Crippen molar-refractivity contribution >= 4 is 15.9 Å². The molecule has 1 aliphatic carbocycles. The molecule has 1 N–H and O–H groups in total. The van der Waals surface area contributed by atoms with E-state index in [2.05, 4.69) is 39.4 Å². The maximum atomic E-state index is 5.82. The Hall–Kier alpha value is -0.540. The predicted octanol–water partition coefficient (Wildman–Crippen LogP) is 3.31. The third kappa shape index (κ3) is 2.83. The van der Waals surface area contributed by atoms with Crippen LogP contribution in [0.1, 0.15) is 30.7 Å². The molecule has 0 spiro atoms. The van der Waals surface area contributed by atoms with Crippen LogP contribution < -0.4 is 10.1 Å². The molecule has 1 unspecified atom stereocenters. The standard InChI is InChI=1S/C14H18BrNO/c15-13-7-11(12-5-6-16-8-12)3-4-14(13)17-9-10-1-2-10/h3-4,7,10,12,16H,1-2,5-6,8-9H2. The summed E-state index contributed by atoms with van der Waals surface area (Å²) < 4.78 is 6.92. The van der Waals surface area contributed by atoms with E-state index in [0.717, 1.165) is 35.8 Å². The molecule has 3 heteroatoms. The van der Waals surface area contributed by atoms with Gasteiger partial charge in [-0.1, -0.05) is 6.07 Å². The van der Waals surface area contributed by atoms with Gasteiger partial charge in [0.1, 0.15) is 5.75 Å². The van der Waals surface area contributed by atoms with E-state index >= 15 is 0 Å². The molecule has 2 nitrogen and oxygen atoms in total. The minimum Gasteiger partial charge on any atom is -0.492 e. The van der Waals surface area contributed by atoms with Gasteiger partial charge >= 0.3 is 0 Å². The molecule has 2 aliphatic rings. The highest BCUT2D eigenvalue weighted by Crippen LogP contribution is 2.34. The van der Waals surface area contributed by atoms with Gasteiger partial charge in [0.15, 0.2) is 0 Å². The molecular formula is C14H18BrNO. The van der Waals surface area contributed by atoms with Crippen molar-refractivity contribution in [2.75, 3.05) is 19.7 Å². The summed E-state index contributed by atoms with van der Waals surface area (Å²) in [6.07, 6.45) is 3.92. The SMILES string of the molecule is Brc1cc(C2CCNC2)ccc1OCC1CC1. The van der Waals surface area contributed by atoms with Crippen molar-refractivity contribution in [1.82, 2.24) is 5.32 Å². The molecule has 1 aromatic carbocycles. The minimum atomic E-state index is 0.670. The zero-order chi connectivity index (χ0) is 11.7. The molecule has 1 aliphatic heterocycles. The Bertz CT molecular complexity index is 397. The number of ether oxygens (including phenoxy) is 1. The molecule has 2 fully saturated rings. The molecule has 17 heavy (non-hydrogen) atoms. The zero-order valence-electron chi connectivity index (χ0n) is 9.92. The number of nitrogens with one attached hydrogen (secondary N) is 1. The van der Waals surface area contributed by atoms with Crippen LogP contribution in [0.4, 0.5) is 0 Å². The topological polar surface area (TPSA) is 21.3 Å². The van der Waals surface area contributed by atoms with Gasteiger partial charge in [0.05, 0.1) is 11.1 Å². The number of rotatable bonds is 4. The Morgan fingerprint density at radius 1 is 1.29 bits per heavy atom. The number of halogens is 1. The molecule has 1 atom stereocenters. The van der Waals surface area contributed by atoms with E-state index in [-0.39, 0.29) is 0 Å². The lowest BCUT2D eigenvalue weighted by Crippen LogP contribution is -2.08. The summed E-state index contributed by atoms with van der Waals surface area (Å²) in [5.74, 6) is 2.47. The molecule has 0 aromatic heterocycles. The summed E-state index contributed by atoms with van der Waals surface area (Å²) in [6.45, 7) is 3.12. The Morgan fingerprint density at radius 2 is 2.18 bits per heavy atom. The Labute approximate surface area is 111 Å². The first-order valence-corrected chi connectivity index (χ1v) is 7.25. The van der Waals surface area contributed by atoms with Gasteiger partial charge in [-0.05, 0) is 71.3 Å². The summed E-state index contributed by atoms with van der Waals surface area (Å²) in [5, 5.41) is 3.41. The first kappa shape index (κ1) is 11.5. The lowest BCUT2D eigenvalue weighted by molar-refractivity contribution is 0.298. The smallest absolute Gasteiger partial charge is 0.133 e. The zero-order valence-corrected chi connectivity index (χ0v) is 11.5. The predicted molar refractivity (Wildman–Crippen MR) is 72.6 cm³/mol. The second kappa shape index (κ2) is 4.99. The molecule has 1 aromatic rings. The highest BCUT2D eigenvalue weighted by atomic mass is 79.9. The largest absolute Gasteiger partial charge is 0.492 e. The van der Waals surface area contributed by atoms with E-state index in [0.29, 0.717) is 5.92 Å². The van der Waals surface area contributed by atoms with Crippen LogP contribution in [0.15, 0.2) is 22.7 Å². The lowest BCUT2D eigenvalue weighted by atomic mass is 9.98. The van der Waals surface area contributed by atoms with Crippen LogP contribution >= 0.6 is 15.9 Å². The molecule has 0 bridgehead atoms. The van der Waals surface area contributed by atoms with E-state index in [1.54, 1.807) is 0 Å². The molecule has 1 saturated carbocycles. The van der Waals surface area contributed by atoms with Gasteiger partial charge in [0.2, 0.25) is 0 Å². The molecular weight excluding hydrogens is 278 g/mol. The summed E-state index contributed by atoms with van der Waals surface area (Å²) in [4.78, 5) is 0. The van der Waals surface area contributed by atoms with E-state index in [9.17, 15) is 0 Å². The van der Waals surface area contributed by atoms with Gasteiger partial charge in [0.25, 0.3) is 0 Å². The first-order chi connectivity index (χ1) is 8.33. The summed E-state index contributed by atoms with van der Waals surface area (Å²) in [7, 11) is 0. The van der Waals surface area contributed by atoms with Gasteiger partial charge in [-0.3, -0.25) is 0 Å². The van der Waals surface area contributed by atoms with Crippen LogP contribution in [0.25, 0.3) is 0 Å². The van der Waals surface area contributed by atoms with Crippen molar-refractivity contribution in [2.24, 2.45) is 5.92 Å². The molecule has 0 radical (unpaired) electrons. The van der Waals surface area contributed by atoms with E-state index in [1.807, 2.05) is 0 Å². The Kier molecular flexibility index (Phi) is 3.39. The average molecular weight is 296 g/mol. The van der Waals surface area contributed by atoms with Crippen LogP contribution in [0.2, 0.25) is 0 Å². The van der Waals surface area contributed by atoms with Crippen molar-refractivity contribution in [1.29, 1.82) is 0 Å². The maximum absolute atomic E-state index is 5.82. The van der Waals surface area contributed by atoms with Gasteiger partial charge in [0, 0.05) is 6.54 Å². The van der Waals surface area contributed by atoms with Gasteiger partial charge in [-0.2, -0.15) is 0 Å². The van der Waals surface area contributed by atoms with Crippen LogP contribution in [0.3, 0.4) is 0 Å². The highest BCUT2D eigenvalue weighted by molar-refractivity contribution is 9.10. The fourth-order valence-electron chi connectivity index (χ4n) is 2.32. The normalized spacial score (nSPS) is 23.9. The van der Waals surface area contributed by atoms with Crippen LogP contribution in [-0.2, 0) is 0 Å². The Balaban J connectivity index is 1.68. The minimum absolute atomic E-state index is 0.670. The van der Waals surface area contributed by atoms with Crippen molar-refractivity contribution < 1.29 is 4.74 Å². The number of benzene rings is 1. The summed E-state index contributed by atoms with van der Waals surface area (Å²) >= 11 is 3.62. The van der Waals surface area contributed by atoms with Crippen molar-refractivity contribution in [3.05, 3.63) is 28.2 Å². The molecule has 1 saturated heterocycles. The third-order valence-electron chi connectivity index (χ3n) is 3.66. The Morgan fingerprint density at radius 3 is 2.82 bits per heavy atom. The van der Waals surface area contributed by atoms with Crippen LogP contribution in [-0.4, -0.2) is 19.7 Å². The summed E-state index contributed by atoms with van der Waals surface area (Å²) in [6, 6.07) is 6.55. The average Bonchev–Trinajstić information content (AvgIpc) is 3.00. The second-order valence-corrected chi connectivity index (χ2v) is 5.99. The molecule has 1 heterocycles. The fourth-order valence-corrected chi connectivity index (χ4v) is 2.83. The van der Waals surface area contributed by atoms with E-state index in [4.69, 9.17) is 4.74 Å².